The zero-order chi connectivity index (χ0) is 18.0. The Balaban J connectivity index is 2.41. The number of nitro benzene ring substituents is 1. The number of hydrogen-bond donors (Lipinski definition) is 2. The quantitative estimate of drug-likeness (QED) is 0.591. The van der Waals surface area contributed by atoms with Crippen molar-refractivity contribution < 1.29 is 18.1 Å². The molecule has 1 fully saturated rings. The van der Waals surface area contributed by atoms with Crippen molar-refractivity contribution in [1.82, 2.24) is 4.72 Å². The van der Waals surface area contributed by atoms with Gasteiger partial charge in [0, 0.05) is 18.2 Å². The van der Waals surface area contributed by atoms with E-state index in [1.807, 2.05) is 6.92 Å². The molecule has 1 aromatic carbocycles. The first kappa shape index (κ1) is 18.6. The normalized spacial score (nSPS) is 24.5. The number of benzene rings is 1. The van der Waals surface area contributed by atoms with Crippen LogP contribution in [0, 0.1) is 16.0 Å². The summed E-state index contributed by atoms with van der Waals surface area (Å²) in [5.74, 6) is 0.0439. The van der Waals surface area contributed by atoms with Crippen LogP contribution in [0.5, 0.6) is 5.75 Å². The molecule has 1 aliphatic carbocycles. The third kappa shape index (κ3) is 3.52. The van der Waals surface area contributed by atoms with Crippen molar-refractivity contribution in [1.29, 1.82) is 0 Å². The first-order chi connectivity index (χ1) is 11.3. The molecule has 1 saturated carbocycles. The Bertz CT molecular complexity index is 722. The number of nitrogens with two attached hydrogens (primary N) is 1. The molecule has 0 radical (unpaired) electrons. The molecule has 2 atom stereocenters. The van der Waals surface area contributed by atoms with Gasteiger partial charge in [0.05, 0.1) is 18.1 Å². The molecule has 2 rings (SSSR count). The van der Waals surface area contributed by atoms with E-state index in [0.717, 1.165) is 31.4 Å². The number of nitro groups is 1. The van der Waals surface area contributed by atoms with Gasteiger partial charge in [-0.1, -0.05) is 19.8 Å². The van der Waals surface area contributed by atoms with Crippen LogP contribution < -0.4 is 15.2 Å². The van der Waals surface area contributed by atoms with Crippen LogP contribution >= 0.6 is 0 Å². The Morgan fingerprint density at radius 3 is 2.71 bits per heavy atom. The summed E-state index contributed by atoms with van der Waals surface area (Å²) in [7, 11) is -2.65. The lowest BCUT2D eigenvalue weighted by molar-refractivity contribution is -0.385. The van der Waals surface area contributed by atoms with Crippen molar-refractivity contribution in [2.75, 3.05) is 13.7 Å². The van der Waals surface area contributed by atoms with E-state index in [1.54, 1.807) is 0 Å². The number of nitrogens with zero attached hydrogens (tertiary/aromatic N) is 1. The number of methoxy groups -OCH3 is 1. The molecule has 1 aromatic rings. The van der Waals surface area contributed by atoms with Gasteiger partial charge in [0.15, 0.2) is 0 Å². The third-order valence-corrected chi connectivity index (χ3v) is 6.39. The Hall–Kier alpha value is -1.71. The van der Waals surface area contributed by atoms with Gasteiger partial charge in [-0.2, -0.15) is 0 Å². The highest BCUT2D eigenvalue weighted by atomic mass is 32.2. The molecular formula is C15H23N3O5S. The lowest BCUT2D eigenvalue weighted by Gasteiger charge is -2.42. The lowest BCUT2D eigenvalue weighted by atomic mass is 9.74. The first-order valence-electron chi connectivity index (χ1n) is 7.82. The highest BCUT2D eigenvalue weighted by Gasteiger charge is 2.41. The molecule has 0 amide bonds. The minimum atomic E-state index is -3.93. The maximum absolute atomic E-state index is 12.9. The molecule has 2 unspecified atom stereocenters. The average Bonchev–Trinajstić information content (AvgIpc) is 2.56. The zero-order valence-corrected chi connectivity index (χ0v) is 14.6. The second kappa shape index (κ2) is 7.04. The fraction of sp³-hybridized carbons (Fsp3) is 0.600. The molecule has 8 nitrogen and oxygen atoms in total. The number of hydrogen-bond acceptors (Lipinski definition) is 6. The monoisotopic (exact) mass is 357 g/mol. The number of nitrogens with one attached hydrogen (secondary N) is 1. The van der Waals surface area contributed by atoms with Gasteiger partial charge in [-0.05, 0) is 24.8 Å². The largest absolute Gasteiger partial charge is 0.495 e. The van der Waals surface area contributed by atoms with Crippen molar-refractivity contribution in [2.24, 2.45) is 11.7 Å². The van der Waals surface area contributed by atoms with Crippen molar-refractivity contribution in [2.45, 2.75) is 43.0 Å². The minimum Gasteiger partial charge on any atom is -0.495 e. The Labute approximate surface area is 141 Å². The number of sulfonamides is 1. The molecule has 9 heteroatoms. The van der Waals surface area contributed by atoms with Gasteiger partial charge in [0.25, 0.3) is 5.69 Å². The predicted molar refractivity (Wildman–Crippen MR) is 89.4 cm³/mol. The second-order valence-electron chi connectivity index (χ2n) is 6.20. The molecule has 134 valence electrons. The summed E-state index contributed by atoms with van der Waals surface area (Å²) in [6.07, 6.45) is 3.52. The van der Waals surface area contributed by atoms with Gasteiger partial charge in [-0.25, -0.2) is 13.1 Å². The highest BCUT2D eigenvalue weighted by Crippen LogP contribution is 2.36. The number of rotatable bonds is 6. The van der Waals surface area contributed by atoms with Crippen molar-refractivity contribution >= 4 is 15.7 Å². The van der Waals surface area contributed by atoms with E-state index in [0.29, 0.717) is 6.42 Å². The predicted octanol–water partition coefficient (Wildman–Crippen LogP) is 1.79. The second-order valence-corrected chi connectivity index (χ2v) is 7.86. The Morgan fingerprint density at radius 1 is 1.46 bits per heavy atom. The third-order valence-electron chi connectivity index (χ3n) is 4.80. The summed E-state index contributed by atoms with van der Waals surface area (Å²) in [5, 5.41) is 10.9. The van der Waals surface area contributed by atoms with Gasteiger partial charge in [-0.15, -0.1) is 0 Å². The van der Waals surface area contributed by atoms with Gasteiger partial charge >= 0.3 is 0 Å². The van der Waals surface area contributed by atoms with Crippen LogP contribution in [0.3, 0.4) is 0 Å². The molecule has 0 saturated heterocycles. The van der Waals surface area contributed by atoms with Gasteiger partial charge in [-0.3, -0.25) is 10.1 Å². The smallest absolute Gasteiger partial charge is 0.273 e. The Kier molecular flexibility index (Phi) is 5.46. The fourth-order valence-electron chi connectivity index (χ4n) is 3.22. The van der Waals surface area contributed by atoms with Crippen molar-refractivity contribution in [3.8, 4) is 5.75 Å². The van der Waals surface area contributed by atoms with Crippen LogP contribution in [0.4, 0.5) is 5.69 Å². The van der Waals surface area contributed by atoms with E-state index in [2.05, 4.69) is 4.72 Å². The molecular weight excluding hydrogens is 334 g/mol. The van der Waals surface area contributed by atoms with Gasteiger partial charge < -0.3 is 10.5 Å². The van der Waals surface area contributed by atoms with Crippen LogP contribution in [-0.2, 0) is 10.0 Å². The van der Waals surface area contributed by atoms with Crippen LogP contribution in [0.25, 0.3) is 0 Å². The number of ether oxygens (including phenoxy) is 1. The van der Waals surface area contributed by atoms with Gasteiger partial charge in [0.2, 0.25) is 10.0 Å². The topological polar surface area (TPSA) is 125 Å². The molecule has 0 heterocycles. The zero-order valence-electron chi connectivity index (χ0n) is 13.8. The van der Waals surface area contributed by atoms with Crippen LogP contribution in [-0.4, -0.2) is 32.5 Å². The van der Waals surface area contributed by atoms with Crippen LogP contribution in [0.1, 0.15) is 32.6 Å². The van der Waals surface area contributed by atoms with Crippen molar-refractivity contribution in [3.63, 3.8) is 0 Å². The highest BCUT2D eigenvalue weighted by molar-refractivity contribution is 7.89. The maximum Gasteiger partial charge on any atom is 0.273 e. The molecule has 0 aromatic heterocycles. The average molecular weight is 357 g/mol. The SMILES string of the molecule is COc1cc([N+](=O)[O-])ccc1S(=O)(=O)NC1(CN)CCCCC1C. The fourth-order valence-corrected chi connectivity index (χ4v) is 4.91. The van der Waals surface area contributed by atoms with Gasteiger partial charge in [0.1, 0.15) is 10.6 Å². The standard InChI is InChI=1S/C15H23N3O5S/c1-11-5-3-4-8-15(11,10-16)17-24(21,22)14-7-6-12(18(19)20)9-13(14)23-2/h6-7,9,11,17H,3-5,8,10,16H2,1-2H3. The summed E-state index contributed by atoms with van der Waals surface area (Å²) in [5.41, 5.74) is 4.97. The molecule has 0 bridgehead atoms. The van der Waals surface area contributed by atoms with E-state index in [-0.39, 0.29) is 28.8 Å². The molecule has 24 heavy (non-hydrogen) atoms. The first-order valence-corrected chi connectivity index (χ1v) is 9.30. The van der Waals surface area contributed by atoms with E-state index < -0.39 is 20.5 Å². The summed E-state index contributed by atoms with van der Waals surface area (Å²) in [6, 6.07) is 3.45. The Morgan fingerprint density at radius 2 is 2.17 bits per heavy atom. The van der Waals surface area contributed by atoms with Crippen LogP contribution in [0.2, 0.25) is 0 Å². The molecule has 0 aliphatic heterocycles. The van der Waals surface area contributed by atoms with E-state index >= 15 is 0 Å². The minimum absolute atomic E-state index is 0.0627. The van der Waals surface area contributed by atoms with Crippen molar-refractivity contribution in [3.05, 3.63) is 28.3 Å². The maximum atomic E-state index is 12.9. The summed E-state index contributed by atoms with van der Waals surface area (Å²) >= 11 is 0. The lowest BCUT2D eigenvalue weighted by Crippen LogP contribution is -2.58. The molecule has 0 spiro atoms. The molecule has 1 aliphatic rings. The summed E-state index contributed by atoms with van der Waals surface area (Å²) in [4.78, 5) is 10.1. The molecule has 3 N–H and O–H groups in total. The van der Waals surface area contributed by atoms with E-state index in [1.165, 1.54) is 13.2 Å². The van der Waals surface area contributed by atoms with E-state index in [4.69, 9.17) is 10.5 Å². The number of non-ortho nitro benzene ring substituents is 1. The van der Waals surface area contributed by atoms with Crippen LogP contribution in [0.15, 0.2) is 23.1 Å². The van der Waals surface area contributed by atoms with E-state index in [9.17, 15) is 18.5 Å². The summed E-state index contributed by atoms with van der Waals surface area (Å²) in [6.45, 7) is 2.18. The summed E-state index contributed by atoms with van der Waals surface area (Å²) < 4.78 is 33.5.